The molecular weight excluding hydrogens is 635 g/mol. The van der Waals surface area contributed by atoms with Crippen molar-refractivity contribution in [2.75, 3.05) is 12.0 Å². The lowest BCUT2D eigenvalue weighted by atomic mass is 9.94. The van der Waals surface area contributed by atoms with Crippen LogP contribution in [0.1, 0.15) is 44.2 Å². The van der Waals surface area contributed by atoms with Crippen molar-refractivity contribution in [3.63, 3.8) is 0 Å². The lowest BCUT2D eigenvalue weighted by molar-refractivity contribution is -0.132. The number of thioether (sulfide) groups is 1. The largest absolute Gasteiger partial charge is 0.507 e. The number of rotatable bonds is 10. The molecule has 1 saturated heterocycles. The number of aryl methyl sites for hydroxylation is 1. The first kappa shape index (κ1) is 31.7. The number of amides is 1. The summed E-state index contributed by atoms with van der Waals surface area (Å²) in [6.07, 6.45) is 0. The van der Waals surface area contributed by atoms with E-state index in [1.165, 1.54) is 35.1 Å². The summed E-state index contributed by atoms with van der Waals surface area (Å²) in [5, 5.41) is 20.3. The molecule has 1 unspecified atom stereocenters. The van der Waals surface area contributed by atoms with E-state index in [9.17, 15) is 19.5 Å². The van der Waals surface area contributed by atoms with E-state index in [1.54, 1.807) is 48.5 Å². The summed E-state index contributed by atoms with van der Waals surface area (Å²) < 4.78 is 11.4. The first-order valence-electron chi connectivity index (χ1n) is 14.6. The normalized spacial score (nSPS) is 15.5. The molecule has 0 spiro atoms. The summed E-state index contributed by atoms with van der Waals surface area (Å²) >= 11 is 2.65. The molecular formula is C36H29N3O6S2. The van der Waals surface area contributed by atoms with E-state index in [0.29, 0.717) is 39.1 Å². The van der Waals surface area contributed by atoms with Crippen molar-refractivity contribution in [2.24, 2.45) is 0 Å². The number of ketones is 1. The molecule has 1 N–H and O–H groups in total. The van der Waals surface area contributed by atoms with Gasteiger partial charge in [0.1, 0.15) is 18.1 Å². The Morgan fingerprint density at radius 1 is 0.894 bits per heavy atom. The fourth-order valence-electron chi connectivity index (χ4n) is 5.18. The van der Waals surface area contributed by atoms with Crippen molar-refractivity contribution < 1.29 is 29.0 Å². The van der Waals surface area contributed by atoms with Crippen LogP contribution in [0.4, 0.5) is 5.13 Å². The summed E-state index contributed by atoms with van der Waals surface area (Å²) in [7, 11) is 1.28. The van der Waals surface area contributed by atoms with Crippen LogP contribution in [0.2, 0.25) is 0 Å². The highest BCUT2D eigenvalue weighted by Gasteiger charge is 2.48. The minimum Gasteiger partial charge on any atom is -0.507 e. The topological polar surface area (TPSA) is 119 Å². The average molecular weight is 664 g/mol. The summed E-state index contributed by atoms with van der Waals surface area (Å²) in [4.78, 5) is 40.6. The molecule has 1 aliphatic heterocycles. The van der Waals surface area contributed by atoms with Gasteiger partial charge in [-0.3, -0.25) is 14.5 Å². The number of carbonyl (C=O) groups is 3. The molecule has 1 aliphatic rings. The van der Waals surface area contributed by atoms with Gasteiger partial charge < -0.3 is 14.6 Å². The Balaban J connectivity index is 1.32. The van der Waals surface area contributed by atoms with Gasteiger partial charge in [-0.1, -0.05) is 95.4 Å². The van der Waals surface area contributed by atoms with E-state index in [0.717, 1.165) is 16.7 Å². The van der Waals surface area contributed by atoms with E-state index in [-0.39, 0.29) is 16.5 Å². The number of aliphatic hydroxyl groups is 1. The third-order valence-electron chi connectivity index (χ3n) is 7.51. The number of carbonyl (C=O) groups excluding carboxylic acids is 3. The second-order valence-electron chi connectivity index (χ2n) is 10.7. The summed E-state index contributed by atoms with van der Waals surface area (Å²) in [5.41, 5.74) is 4.27. The number of anilines is 1. The molecule has 5 aromatic rings. The van der Waals surface area contributed by atoms with Crippen molar-refractivity contribution >= 4 is 51.6 Å². The van der Waals surface area contributed by atoms with Crippen molar-refractivity contribution in [3.05, 3.63) is 142 Å². The predicted octanol–water partition coefficient (Wildman–Crippen LogP) is 7.13. The number of aromatic nitrogens is 2. The van der Waals surface area contributed by atoms with E-state index in [2.05, 4.69) is 10.2 Å². The van der Waals surface area contributed by atoms with Gasteiger partial charge in [-0.25, -0.2) is 4.79 Å². The molecule has 47 heavy (non-hydrogen) atoms. The Labute approximate surface area is 279 Å². The third-order valence-corrected chi connectivity index (χ3v) is 9.64. The minimum absolute atomic E-state index is 0.108. The molecule has 0 aliphatic carbocycles. The van der Waals surface area contributed by atoms with E-state index in [1.807, 2.05) is 61.5 Å². The second kappa shape index (κ2) is 14.0. The zero-order valence-corrected chi connectivity index (χ0v) is 27.1. The van der Waals surface area contributed by atoms with E-state index in [4.69, 9.17) is 9.47 Å². The fraction of sp³-hybridized carbons (Fsp3) is 0.139. The standard InChI is InChI=1S/C36H29N3O6S2/c1-22-7-6-10-24(19-22)20-45-28-17-15-26(16-18-28)31(40)29-30(25-11-13-27(14-12-25)34(43)44-2)39(33(42)32(29)41)35-37-38-36(47-35)46-21-23-8-4-3-5-9-23/h3-19,30,40H,20-21H2,1-2H3. The van der Waals surface area contributed by atoms with Crippen molar-refractivity contribution in [3.8, 4) is 5.75 Å². The smallest absolute Gasteiger partial charge is 0.337 e. The predicted molar refractivity (Wildman–Crippen MR) is 180 cm³/mol. The Morgan fingerprint density at radius 3 is 2.30 bits per heavy atom. The Morgan fingerprint density at radius 2 is 1.60 bits per heavy atom. The molecule has 4 aromatic carbocycles. The van der Waals surface area contributed by atoms with Crippen LogP contribution in [-0.2, 0) is 26.7 Å². The van der Waals surface area contributed by atoms with Gasteiger partial charge in [-0.15, -0.1) is 10.2 Å². The van der Waals surface area contributed by atoms with Gasteiger partial charge in [-0.2, -0.15) is 0 Å². The van der Waals surface area contributed by atoms with Crippen LogP contribution in [0, 0.1) is 6.92 Å². The number of Topliss-reactive ketones (excluding diaryl/α,β-unsaturated/α-hetero) is 1. The molecule has 0 radical (unpaired) electrons. The maximum atomic E-state index is 13.6. The summed E-state index contributed by atoms with van der Waals surface area (Å²) in [6.45, 7) is 2.38. The molecule has 1 atom stereocenters. The van der Waals surface area contributed by atoms with Gasteiger partial charge in [0.05, 0.1) is 24.3 Å². The van der Waals surface area contributed by atoms with Gasteiger partial charge >= 0.3 is 11.9 Å². The first-order chi connectivity index (χ1) is 22.8. The molecule has 236 valence electrons. The van der Waals surface area contributed by atoms with Crippen LogP contribution in [0.15, 0.2) is 113 Å². The quantitative estimate of drug-likeness (QED) is 0.0416. The third kappa shape index (κ3) is 6.96. The molecule has 0 saturated carbocycles. The minimum atomic E-state index is -1.03. The van der Waals surface area contributed by atoms with Gasteiger partial charge in [0.25, 0.3) is 5.78 Å². The van der Waals surface area contributed by atoms with Crippen LogP contribution in [0.5, 0.6) is 5.75 Å². The van der Waals surface area contributed by atoms with Gasteiger partial charge in [0, 0.05) is 11.3 Å². The number of ether oxygens (including phenoxy) is 2. The lowest BCUT2D eigenvalue weighted by Crippen LogP contribution is -2.29. The molecule has 6 rings (SSSR count). The Hall–Kier alpha value is -5.26. The SMILES string of the molecule is COC(=O)c1ccc(C2C(=C(O)c3ccc(OCc4cccc(C)c4)cc3)C(=O)C(=O)N2c2nnc(SCc3ccccc3)s2)cc1. The van der Waals surface area contributed by atoms with Crippen LogP contribution < -0.4 is 9.64 Å². The van der Waals surface area contributed by atoms with Crippen LogP contribution >= 0.6 is 23.1 Å². The van der Waals surface area contributed by atoms with Crippen molar-refractivity contribution in [1.29, 1.82) is 0 Å². The number of hydrogen-bond acceptors (Lipinski definition) is 10. The highest BCUT2D eigenvalue weighted by atomic mass is 32.2. The van der Waals surface area contributed by atoms with Gasteiger partial charge in [0.15, 0.2) is 4.34 Å². The van der Waals surface area contributed by atoms with Crippen LogP contribution in [-0.4, -0.2) is 40.1 Å². The Kier molecular flexibility index (Phi) is 9.46. The number of benzene rings is 4. The van der Waals surface area contributed by atoms with E-state index >= 15 is 0 Å². The van der Waals surface area contributed by atoms with Crippen molar-refractivity contribution in [1.82, 2.24) is 10.2 Å². The zero-order valence-electron chi connectivity index (χ0n) is 25.5. The summed E-state index contributed by atoms with van der Waals surface area (Å²) in [6, 6.07) is 29.8. The number of hydrogen-bond donors (Lipinski definition) is 1. The average Bonchev–Trinajstić information content (AvgIpc) is 3.68. The molecule has 9 nitrogen and oxygen atoms in total. The monoisotopic (exact) mass is 663 g/mol. The fourth-order valence-corrected chi connectivity index (χ4v) is 7.00. The molecule has 0 bridgehead atoms. The van der Waals surface area contributed by atoms with Crippen molar-refractivity contribution in [2.45, 2.75) is 29.7 Å². The first-order valence-corrected chi connectivity index (χ1v) is 16.4. The molecule has 1 aromatic heterocycles. The van der Waals surface area contributed by atoms with Crippen LogP contribution in [0.3, 0.4) is 0 Å². The van der Waals surface area contributed by atoms with Gasteiger partial charge in [0.2, 0.25) is 5.13 Å². The summed E-state index contributed by atoms with van der Waals surface area (Å²) in [5.74, 6) is -1.36. The Bertz CT molecular complexity index is 1960. The maximum absolute atomic E-state index is 13.6. The molecule has 2 heterocycles. The lowest BCUT2D eigenvalue weighted by Gasteiger charge is -2.22. The highest BCUT2D eigenvalue weighted by molar-refractivity contribution is 8.00. The van der Waals surface area contributed by atoms with E-state index < -0.39 is 23.7 Å². The van der Waals surface area contributed by atoms with Gasteiger partial charge in [-0.05, 0) is 60.0 Å². The number of methoxy groups -OCH3 is 1. The molecule has 1 fully saturated rings. The number of aliphatic hydroxyl groups excluding tert-OH is 1. The maximum Gasteiger partial charge on any atom is 0.337 e. The number of esters is 1. The second-order valence-corrected chi connectivity index (χ2v) is 12.9. The highest BCUT2D eigenvalue weighted by Crippen LogP contribution is 2.44. The number of nitrogens with zero attached hydrogens (tertiary/aromatic N) is 3. The zero-order chi connectivity index (χ0) is 32.9. The molecule has 1 amide bonds. The molecule has 11 heteroatoms. The van der Waals surface area contributed by atoms with Crippen LogP contribution in [0.25, 0.3) is 5.76 Å².